The molecule has 42 heavy (non-hydrogen) atoms. The van der Waals surface area contributed by atoms with Gasteiger partial charge in [0.15, 0.2) is 0 Å². The fraction of sp³-hybridized carbons (Fsp3) is 0.111. The van der Waals surface area contributed by atoms with Gasteiger partial charge in [-0.2, -0.15) is 0 Å². The van der Waals surface area contributed by atoms with Gasteiger partial charge in [0.1, 0.15) is 0 Å². The number of rotatable bonds is 7. The molecule has 0 fully saturated rings. The van der Waals surface area contributed by atoms with E-state index in [4.69, 9.17) is 16.4 Å². The highest BCUT2D eigenvalue weighted by molar-refractivity contribution is 8.08. The highest BCUT2D eigenvalue weighted by Crippen LogP contribution is 2.45. The molecule has 0 N–H and O–H groups in total. The topological polar surface area (TPSA) is 43.6 Å². The van der Waals surface area contributed by atoms with E-state index in [1.165, 1.54) is 11.3 Å². The summed E-state index contributed by atoms with van der Waals surface area (Å²) < 4.78 is 2.34. The molecule has 1 aromatic heterocycles. The highest BCUT2D eigenvalue weighted by atomic mass is 35.5. The van der Waals surface area contributed by atoms with E-state index in [0.29, 0.717) is 10.6 Å². The number of nitrogens with zero attached hydrogens (tertiary/aromatic N) is 2. The Bertz CT molecular complexity index is 1800. The van der Waals surface area contributed by atoms with E-state index in [9.17, 15) is 4.79 Å². The van der Waals surface area contributed by atoms with Crippen molar-refractivity contribution in [2.24, 2.45) is 5.16 Å². The van der Waals surface area contributed by atoms with Gasteiger partial charge in [0, 0.05) is 31.8 Å². The van der Waals surface area contributed by atoms with Gasteiger partial charge >= 0.3 is 5.97 Å². The van der Waals surface area contributed by atoms with E-state index in [0.717, 1.165) is 56.3 Å². The van der Waals surface area contributed by atoms with Crippen LogP contribution in [0.2, 0.25) is 5.02 Å². The molecule has 0 saturated carbocycles. The standard InChI is InChI=1S/C36H29ClN2O2S/c1-24-11-18-31(19-12-24)42-35-28(23-38-41-36(40)27-10-6-7-25(2)21-27)13-20-33-32(35)22-34(26-8-4-3-5-9-26)39(33)30-16-14-29(37)15-17-30/h3-12,14-19,21-23H,13,20H2,1-2H3/b38-23+. The molecule has 4 nitrogen and oxygen atoms in total. The van der Waals surface area contributed by atoms with Crippen molar-refractivity contribution in [1.29, 1.82) is 0 Å². The maximum absolute atomic E-state index is 12.7. The van der Waals surface area contributed by atoms with Crippen LogP contribution in [0.5, 0.6) is 0 Å². The quantitative estimate of drug-likeness (QED) is 0.108. The second-order valence-corrected chi connectivity index (χ2v) is 11.8. The van der Waals surface area contributed by atoms with Crippen molar-refractivity contribution in [1.82, 2.24) is 4.57 Å². The molecule has 0 unspecified atom stereocenters. The third-order valence-corrected chi connectivity index (χ3v) is 8.71. The summed E-state index contributed by atoms with van der Waals surface area (Å²) in [6, 6.07) is 36.5. The Kier molecular flexibility index (Phi) is 8.13. The number of allylic oxidation sites excluding steroid dienone is 1. The van der Waals surface area contributed by atoms with Crippen LogP contribution in [-0.4, -0.2) is 16.8 Å². The van der Waals surface area contributed by atoms with E-state index in [2.05, 4.69) is 83.4 Å². The minimum absolute atomic E-state index is 0.472. The lowest BCUT2D eigenvalue weighted by atomic mass is 9.97. The molecule has 208 valence electrons. The number of hydrogen-bond donors (Lipinski definition) is 0. The number of halogens is 1. The fourth-order valence-corrected chi connectivity index (χ4v) is 6.38. The van der Waals surface area contributed by atoms with E-state index in [1.807, 2.05) is 37.3 Å². The molecule has 0 radical (unpaired) electrons. The van der Waals surface area contributed by atoms with Crippen molar-refractivity contribution < 1.29 is 9.63 Å². The van der Waals surface area contributed by atoms with Crippen LogP contribution in [-0.2, 0) is 11.3 Å². The average molecular weight is 589 g/mol. The van der Waals surface area contributed by atoms with E-state index in [1.54, 1.807) is 30.1 Å². The number of hydrogen-bond acceptors (Lipinski definition) is 4. The second kappa shape index (κ2) is 12.3. The molecule has 0 aliphatic heterocycles. The molecule has 0 bridgehead atoms. The molecular formula is C36H29ClN2O2S. The molecule has 6 heteroatoms. The van der Waals surface area contributed by atoms with Crippen LogP contribution in [0.4, 0.5) is 0 Å². The van der Waals surface area contributed by atoms with Crippen LogP contribution >= 0.6 is 23.4 Å². The van der Waals surface area contributed by atoms with Crippen LogP contribution in [0.15, 0.2) is 125 Å². The summed E-state index contributed by atoms with van der Waals surface area (Å²) >= 11 is 7.97. The Balaban J connectivity index is 1.45. The number of carbonyl (C=O) groups excluding carboxylic acids is 1. The Morgan fingerprint density at radius 1 is 0.857 bits per heavy atom. The monoisotopic (exact) mass is 588 g/mol. The van der Waals surface area contributed by atoms with Crippen molar-refractivity contribution in [3.05, 3.63) is 148 Å². The predicted molar refractivity (Wildman–Crippen MR) is 174 cm³/mol. The Labute approximate surface area is 255 Å². The Morgan fingerprint density at radius 3 is 2.36 bits per heavy atom. The maximum atomic E-state index is 12.7. The maximum Gasteiger partial charge on any atom is 0.365 e. The summed E-state index contributed by atoms with van der Waals surface area (Å²) in [6.45, 7) is 4.03. The predicted octanol–water partition coefficient (Wildman–Crippen LogP) is 9.71. The Hall–Kier alpha value is -4.32. The first-order valence-corrected chi connectivity index (χ1v) is 15.0. The summed E-state index contributed by atoms with van der Waals surface area (Å²) in [5, 5.41) is 4.87. The molecule has 1 aliphatic rings. The molecule has 1 heterocycles. The summed E-state index contributed by atoms with van der Waals surface area (Å²) in [5.41, 5.74) is 9.37. The number of oxime groups is 1. The van der Waals surface area contributed by atoms with Gasteiger partial charge in [0.2, 0.25) is 0 Å². The lowest BCUT2D eigenvalue weighted by molar-refractivity contribution is 0.0519. The molecule has 0 saturated heterocycles. The van der Waals surface area contributed by atoms with E-state index >= 15 is 0 Å². The average Bonchev–Trinajstić information content (AvgIpc) is 3.40. The van der Waals surface area contributed by atoms with Gasteiger partial charge in [0.05, 0.1) is 17.5 Å². The summed E-state index contributed by atoms with van der Waals surface area (Å²) in [5.74, 6) is -0.472. The molecule has 0 amide bonds. The first kappa shape index (κ1) is 27.8. The van der Waals surface area contributed by atoms with Crippen molar-refractivity contribution in [2.45, 2.75) is 31.6 Å². The SMILES string of the molecule is Cc1ccc(SC2=C(/C=N/OC(=O)c3cccc(C)c3)CCc3c2cc(-c2ccccc2)n3-c2ccc(Cl)cc2)cc1. The normalized spacial score (nSPS) is 12.9. The van der Waals surface area contributed by atoms with Crippen molar-refractivity contribution in [3.8, 4) is 16.9 Å². The van der Waals surface area contributed by atoms with Crippen LogP contribution in [0.25, 0.3) is 21.8 Å². The van der Waals surface area contributed by atoms with Gasteiger partial charge in [-0.25, -0.2) is 4.79 Å². The zero-order valence-corrected chi connectivity index (χ0v) is 25.0. The fourth-order valence-electron chi connectivity index (χ4n) is 5.17. The highest BCUT2D eigenvalue weighted by Gasteiger charge is 2.26. The third-order valence-electron chi connectivity index (χ3n) is 7.26. The number of thioether (sulfide) groups is 1. The minimum atomic E-state index is -0.472. The second-order valence-electron chi connectivity index (χ2n) is 10.3. The third kappa shape index (κ3) is 5.98. The lowest BCUT2D eigenvalue weighted by Crippen LogP contribution is -2.09. The molecule has 0 spiro atoms. The summed E-state index contributed by atoms with van der Waals surface area (Å²) in [4.78, 5) is 20.2. The van der Waals surface area contributed by atoms with Gasteiger partial charge in [-0.3, -0.25) is 0 Å². The van der Waals surface area contributed by atoms with Crippen molar-refractivity contribution >= 4 is 40.5 Å². The number of aromatic nitrogens is 1. The number of benzene rings is 4. The smallest absolute Gasteiger partial charge is 0.313 e. The Morgan fingerprint density at radius 2 is 1.62 bits per heavy atom. The first-order chi connectivity index (χ1) is 20.5. The molecule has 6 rings (SSSR count). The van der Waals surface area contributed by atoms with Crippen LogP contribution in [0, 0.1) is 13.8 Å². The van der Waals surface area contributed by atoms with Crippen LogP contribution in [0.1, 0.15) is 39.2 Å². The number of carbonyl (C=O) groups is 1. The summed E-state index contributed by atoms with van der Waals surface area (Å²) in [7, 11) is 0. The zero-order chi connectivity index (χ0) is 29.1. The number of aryl methyl sites for hydroxylation is 2. The van der Waals surface area contributed by atoms with Gasteiger partial charge < -0.3 is 9.40 Å². The largest absolute Gasteiger partial charge is 0.365 e. The minimum Gasteiger partial charge on any atom is -0.313 e. The molecule has 0 atom stereocenters. The van der Waals surface area contributed by atoms with Gasteiger partial charge in [-0.05, 0) is 92.4 Å². The van der Waals surface area contributed by atoms with Gasteiger partial charge in [0.25, 0.3) is 0 Å². The first-order valence-electron chi connectivity index (χ1n) is 13.8. The van der Waals surface area contributed by atoms with Crippen molar-refractivity contribution in [3.63, 3.8) is 0 Å². The molecule has 5 aromatic rings. The number of fused-ring (bicyclic) bond motifs is 1. The van der Waals surface area contributed by atoms with Gasteiger partial charge in [-0.15, -0.1) is 0 Å². The van der Waals surface area contributed by atoms with Crippen LogP contribution in [0.3, 0.4) is 0 Å². The van der Waals surface area contributed by atoms with Crippen molar-refractivity contribution in [2.75, 3.05) is 0 Å². The summed E-state index contributed by atoms with van der Waals surface area (Å²) in [6.07, 6.45) is 3.25. The zero-order valence-electron chi connectivity index (χ0n) is 23.4. The van der Waals surface area contributed by atoms with E-state index in [-0.39, 0.29) is 0 Å². The molecule has 4 aromatic carbocycles. The van der Waals surface area contributed by atoms with Gasteiger partial charge in [-0.1, -0.05) is 94.2 Å². The molecular weight excluding hydrogens is 560 g/mol. The van der Waals surface area contributed by atoms with E-state index < -0.39 is 5.97 Å². The lowest BCUT2D eigenvalue weighted by Gasteiger charge is -2.21. The van der Waals surface area contributed by atoms with Crippen LogP contribution < -0.4 is 0 Å². The molecule has 1 aliphatic carbocycles.